The van der Waals surface area contributed by atoms with Crippen LogP contribution in [0.2, 0.25) is 0 Å². The molecule has 2 rings (SSSR count). The molecule has 0 amide bonds. The molecule has 0 aliphatic carbocycles. The van der Waals surface area contributed by atoms with Gasteiger partial charge in [0.1, 0.15) is 17.8 Å². The van der Waals surface area contributed by atoms with E-state index in [4.69, 9.17) is 10.2 Å². The number of hydrogen-bond acceptors (Lipinski definition) is 6. The number of nitrogens with zero attached hydrogens (tertiary/aromatic N) is 8. The summed E-state index contributed by atoms with van der Waals surface area (Å²) in [5, 5.41) is 11.3. The highest BCUT2D eigenvalue weighted by Crippen LogP contribution is 2.33. The molecule has 0 aliphatic rings. The Kier molecular flexibility index (Phi) is 7.79. The Bertz CT molecular complexity index is 896. The lowest BCUT2D eigenvalue weighted by atomic mass is 10.2. The van der Waals surface area contributed by atoms with Crippen LogP contribution < -0.4 is 34.3 Å². The molecule has 8 heteroatoms. The van der Waals surface area contributed by atoms with Crippen molar-refractivity contribution in [1.82, 2.24) is 14.8 Å². The van der Waals surface area contributed by atoms with Gasteiger partial charge in [-0.05, 0) is 55.4 Å². The minimum absolute atomic E-state index is 0.377. The fraction of sp³-hybridized carbons (Fsp3) is 0.750. The molecular formula is C24H46N8+2. The molecule has 180 valence electrons. The van der Waals surface area contributed by atoms with Gasteiger partial charge in [0.25, 0.3) is 0 Å². The first kappa shape index (κ1) is 25.9. The predicted molar refractivity (Wildman–Crippen MR) is 137 cm³/mol. The Morgan fingerprint density at radius 2 is 1.03 bits per heavy atom. The molecule has 32 heavy (non-hydrogen) atoms. The standard InChI is InChI=1S/C24H46N8/c1-15(2)30(16(3)4)19-20(31(17(5)6)18(7)8)21(19)32-25-23(28(11)12)22(27(9)10)24(26-32)29(13)14/h15-18H,1-14H3/q+2. The van der Waals surface area contributed by atoms with Gasteiger partial charge in [-0.2, -0.15) is 0 Å². The molecule has 2 aromatic rings. The topological polar surface area (TPSA) is 45.6 Å². The molecular weight excluding hydrogens is 400 g/mol. The van der Waals surface area contributed by atoms with Crippen molar-refractivity contribution in [1.29, 1.82) is 0 Å². The van der Waals surface area contributed by atoms with Crippen LogP contribution in [-0.4, -0.2) is 76.7 Å². The monoisotopic (exact) mass is 446 g/mol. The largest absolute Gasteiger partial charge is 0.371 e. The van der Waals surface area contributed by atoms with E-state index < -0.39 is 0 Å². The van der Waals surface area contributed by atoms with Crippen molar-refractivity contribution in [2.75, 3.05) is 61.9 Å². The van der Waals surface area contributed by atoms with Crippen LogP contribution >= 0.6 is 0 Å². The van der Waals surface area contributed by atoms with E-state index in [1.165, 1.54) is 11.0 Å². The van der Waals surface area contributed by atoms with Crippen molar-refractivity contribution in [2.45, 2.75) is 79.6 Å². The fourth-order valence-corrected chi connectivity index (χ4v) is 4.56. The van der Waals surface area contributed by atoms with E-state index in [1.807, 2.05) is 47.1 Å². The van der Waals surface area contributed by atoms with Crippen molar-refractivity contribution >= 4 is 23.0 Å². The summed E-state index contributed by atoms with van der Waals surface area (Å²) in [5.74, 6) is 1.79. The van der Waals surface area contributed by atoms with Gasteiger partial charge in [0.05, 0.1) is 15.0 Å². The molecule has 1 heterocycles. The summed E-state index contributed by atoms with van der Waals surface area (Å²) in [6.07, 6.45) is 0. The van der Waals surface area contributed by atoms with Crippen LogP contribution in [0.4, 0.5) is 23.0 Å². The maximum Gasteiger partial charge on any atom is 0.371 e. The third-order valence-corrected chi connectivity index (χ3v) is 5.65. The van der Waals surface area contributed by atoms with Gasteiger partial charge in [-0.15, -0.1) is 0 Å². The molecule has 1 aromatic heterocycles. The van der Waals surface area contributed by atoms with Crippen LogP contribution in [0.15, 0.2) is 0 Å². The van der Waals surface area contributed by atoms with Crippen LogP contribution in [0.1, 0.15) is 55.4 Å². The molecule has 0 atom stereocenters. The zero-order valence-corrected chi connectivity index (χ0v) is 22.9. The van der Waals surface area contributed by atoms with E-state index in [-0.39, 0.29) is 0 Å². The van der Waals surface area contributed by atoms with Crippen molar-refractivity contribution in [2.24, 2.45) is 0 Å². The molecule has 0 saturated heterocycles. The van der Waals surface area contributed by atoms with E-state index in [2.05, 4.69) is 79.6 Å². The second-order valence-electron chi connectivity index (χ2n) is 10.4. The molecule has 0 unspecified atom stereocenters. The van der Waals surface area contributed by atoms with E-state index in [1.54, 1.807) is 0 Å². The summed E-state index contributed by atoms with van der Waals surface area (Å²) in [4.78, 5) is 10.6. The highest BCUT2D eigenvalue weighted by molar-refractivity contribution is 5.78. The quantitative estimate of drug-likeness (QED) is 0.550. The van der Waals surface area contributed by atoms with Crippen LogP contribution in [0.25, 0.3) is 5.69 Å². The van der Waals surface area contributed by atoms with Crippen molar-refractivity contribution < 1.29 is 4.80 Å². The summed E-state index contributed by atoms with van der Waals surface area (Å²) in [7, 11) is 12.2. The van der Waals surface area contributed by atoms with E-state index in [0.717, 1.165) is 23.0 Å². The van der Waals surface area contributed by atoms with Gasteiger partial charge in [0.15, 0.2) is 0 Å². The highest BCUT2D eigenvalue weighted by Gasteiger charge is 2.48. The zero-order valence-electron chi connectivity index (χ0n) is 22.9. The van der Waals surface area contributed by atoms with Gasteiger partial charge in [-0.25, -0.2) is 4.58 Å². The summed E-state index contributed by atoms with van der Waals surface area (Å²) < 4.78 is 2.49. The first-order chi connectivity index (χ1) is 14.7. The lowest BCUT2D eigenvalue weighted by Gasteiger charge is -2.28. The number of hydrogen-bond donors (Lipinski definition) is 0. The normalized spacial score (nSPS) is 11.9. The third kappa shape index (κ3) is 4.84. The van der Waals surface area contributed by atoms with Gasteiger partial charge >= 0.3 is 11.0 Å². The molecule has 0 radical (unpaired) electrons. The molecule has 0 bridgehead atoms. The first-order valence-electron chi connectivity index (χ1n) is 11.8. The Labute approximate surface area is 195 Å². The number of anilines is 4. The molecule has 0 aliphatic heterocycles. The van der Waals surface area contributed by atoms with E-state index >= 15 is 0 Å². The fourth-order valence-electron chi connectivity index (χ4n) is 4.56. The van der Waals surface area contributed by atoms with Crippen LogP contribution in [0.3, 0.4) is 0 Å². The summed E-state index contributed by atoms with van der Waals surface area (Å²) in [6.45, 7) is 18.1. The Hall–Kier alpha value is -2.38. The Morgan fingerprint density at radius 3 is 1.31 bits per heavy atom. The lowest BCUT2D eigenvalue weighted by Crippen LogP contribution is -2.45. The molecule has 0 N–H and O–H groups in total. The second kappa shape index (κ2) is 9.63. The van der Waals surface area contributed by atoms with Crippen molar-refractivity contribution in [3.8, 4) is 5.69 Å². The van der Waals surface area contributed by atoms with Gasteiger partial charge in [0.2, 0.25) is 17.3 Å². The third-order valence-electron chi connectivity index (χ3n) is 5.65. The van der Waals surface area contributed by atoms with Crippen LogP contribution in [-0.2, 0) is 0 Å². The SMILES string of the molecule is CC(C)N(c1c(-[n+]2nc(N(C)C)c(N(C)C)c(N(C)C)n2)c1=[N+](C(C)C)C(C)C)C(C)C. The van der Waals surface area contributed by atoms with Gasteiger partial charge in [0, 0.05) is 54.4 Å². The summed E-state index contributed by atoms with van der Waals surface area (Å²) in [5.41, 5.74) is 3.37. The van der Waals surface area contributed by atoms with E-state index in [0.29, 0.717) is 24.2 Å². The van der Waals surface area contributed by atoms with Crippen LogP contribution in [0.5, 0.6) is 0 Å². The molecule has 0 saturated carbocycles. The smallest absolute Gasteiger partial charge is 0.371 e. The van der Waals surface area contributed by atoms with Gasteiger partial charge in [-0.1, -0.05) is 0 Å². The maximum atomic E-state index is 5.03. The van der Waals surface area contributed by atoms with Gasteiger partial charge in [-0.3, -0.25) is 0 Å². The van der Waals surface area contributed by atoms with Crippen molar-refractivity contribution in [3.63, 3.8) is 0 Å². The second-order valence-corrected chi connectivity index (χ2v) is 10.4. The maximum absolute atomic E-state index is 5.03. The average molecular weight is 447 g/mol. The zero-order chi connectivity index (χ0) is 24.7. The lowest BCUT2D eigenvalue weighted by molar-refractivity contribution is -0.714. The van der Waals surface area contributed by atoms with Gasteiger partial charge < -0.3 is 19.6 Å². The predicted octanol–water partition coefficient (Wildman–Crippen LogP) is 2.04. The minimum atomic E-state index is 0.377. The minimum Gasteiger partial charge on any atom is -0.371 e. The molecule has 0 spiro atoms. The summed E-state index contributed by atoms with van der Waals surface area (Å²) >= 11 is 0. The molecule has 0 fully saturated rings. The van der Waals surface area contributed by atoms with Crippen LogP contribution in [0, 0.1) is 0 Å². The number of rotatable bonds is 9. The van der Waals surface area contributed by atoms with Crippen molar-refractivity contribution in [3.05, 3.63) is 5.36 Å². The number of aromatic nitrogens is 3. The van der Waals surface area contributed by atoms with E-state index in [9.17, 15) is 0 Å². The summed E-state index contributed by atoms with van der Waals surface area (Å²) in [6, 6.07) is 1.51. The molecule has 1 aromatic carbocycles. The molecule has 8 nitrogen and oxygen atoms in total. The highest BCUT2D eigenvalue weighted by atomic mass is 15.5. The average Bonchev–Trinajstić information content (AvgIpc) is 3.32. The Morgan fingerprint density at radius 1 is 0.625 bits per heavy atom. The first-order valence-corrected chi connectivity index (χ1v) is 11.8. The Balaban J connectivity index is 2.96.